The molecule has 1 N–H and O–H groups in total. The molecule has 0 aliphatic rings. The zero-order chi connectivity index (χ0) is 17.9. The van der Waals surface area contributed by atoms with E-state index < -0.39 is 0 Å². The fourth-order valence-corrected chi connectivity index (χ4v) is 2.90. The number of benzene rings is 3. The van der Waals surface area contributed by atoms with E-state index in [1.54, 1.807) is 0 Å². The van der Waals surface area contributed by atoms with E-state index >= 15 is 0 Å². The summed E-state index contributed by atoms with van der Waals surface area (Å²) in [5.41, 5.74) is 4.90. The monoisotopic (exact) mass is 331 g/mol. The Morgan fingerprint density at radius 2 is 1.12 bits per heavy atom. The maximum atomic E-state index is 5.94. The SMILES string of the molecule is CNc1ccc(Oc2ccc(C(C)(C)c3ccc(C)cc3)cc2)cc1. The molecule has 3 aromatic carbocycles. The summed E-state index contributed by atoms with van der Waals surface area (Å²) in [6, 6.07) is 25.1. The summed E-state index contributed by atoms with van der Waals surface area (Å²) in [4.78, 5) is 0. The minimum atomic E-state index is -0.0410. The van der Waals surface area contributed by atoms with Crippen LogP contribution >= 0.6 is 0 Å². The first-order valence-corrected chi connectivity index (χ1v) is 8.62. The maximum Gasteiger partial charge on any atom is 0.127 e. The molecule has 2 heteroatoms. The number of aryl methyl sites for hydroxylation is 1. The summed E-state index contributed by atoms with van der Waals surface area (Å²) in [7, 11) is 1.91. The van der Waals surface area contributed by atoms with Crippen molar-refractivity contribution in [2.75, 3.05) is 12.4 Å². The van der Waals surface area contributed by atoms with Crippen LogP contribution in [0.3, 0.4) is 0 Å². The number of nitrogens with one attached hydrogen (secondary N) is 1. The third kappa shape index (κ3) is 3.85. The molecule has 2 nitrogen and oxygen atoms in total. The van der Waals surface area contributed by atoms with E-state index in [0.717, 1.165) is 17.2 Å². The fourth-order valence-electron chi connectivity index (χ4n) is 2.90. The minimum absolute atomic E-state index is 0.0410. The summed E-state index contributed by atoms with van der Waals surface area (Å²) in [6.45, 7) is 6.63. The molecule has 0 unspecified atom stereocenters. The van der Waals surface area contributed by atoms with E-state index in [0.29, 0.717) is 0 Å². The quantitative estimate of drug-likeness (QED) is 0.605. The average molecular weight is 331 g/mol. The first-order chi connectivity index (χ1) is 12.0. The van der Waals surface area contributed by atoms with Crippen LogP contribution in [0.4, 0.5) is 5.69 Å². The zero-order valence-electron chi connectivity index (χ0n) is 15.3. The minimum Gasteiger partial charge on any atom is -0.457 e. The van der Waals surface area contributed by atoms with Crippen LogP contribution in [0.25, 0.3) is 0 Å². The number of anilines is 1. The van der Waals surface area contributed by atoms with E-state index in [2.05, 4.69) is 62.5 Å². The van der Waals surface area contributed by atoms with Gasteiger partial charge in [-0.1, -0.05) is 55.8 Å². The lowest BCUT2D eigenvalue weighted by Crippen LogP contribution is -2.18. The Balaban J connectivity index is 1.77. The summed E-state index contributed by atoms with van der Waals surface area (Å²) in [5, 5.41) is 3.11. The normalized spacial score (nSPS) is 11.2. The van der Waals surface area contributed by atoms with Crippen molar-refractivity contribution in [2.24, 2.45) is 0 Å². The highest BCUT2D eigenvalue weighted by Gasteiger charge is 2.22. The highest BCUT2D eigenvalue weighted by atomic mass is 16.5. The van der Waals surface area contributed by atoms with Gasteiger partial charge in [-0.2, -0.15) is 0 Å². The smallest absolute Gasteiger partial charge is 0.127 e. The van der Waals surface area contributed by atoms with Crippen molar-refractivity contribution in [3.8, 4) is 11.5 Å². The highest BCUT2D eigenvalue weighted by Crippen LogP contribution is 2.33. The van der Waals surface area contributed by atoms with Crippen molar-refractivity contribution in [2.45, 2.75) is 26.2 Å². The van der Waals surface area contributed by atoms with Crippen molar-refractivity contribution in [1.29, 1.82) is 0 Å². The molecule has 0 aliphatic carbocycles. The van der Waals surface area contributed by atoms with Crippen LogP contribution in [0.1, 0.15) is 30.5 Å². The van der Waals surface area contributed by atoms with Crippen LogP contribution in [0.5, 0.6) is 11.5 Å². The van der Waals surface area contributed by atoms with Gasteiger partial charge in [0.05, 0.1) is 0 Å². The van der Waals surface area contributed by atoms with Gasteiger partial charge in [0.15, 0.2) is 0 Å². The summed E-state index contributed by atoms with van der Waals surface area (Å²) < 4.78 is 5.94. The third-order valence-electron chi connectivity index (χ3n) is 4.73. The van der Waals surface area contributed by atoms with Crippen molar-refractivity contribution < 1.29 is 4.74 Å². The van der Waals surface area contributed by atoms with Crippen molar-refractivity contribution in [3.05, 3.63) is 89.5 Å². The van der Waals surface area contributed by atoms with Crippen molar-refractivity contribution >= 4 is 5.69 Å². The molecule has 0 saturated heterocycles. The predicted octanol–water partition coefficient (Wildman–Crippen LogP) is 6.15. The van der Waals surface area contributed by atoms with E-state index in [1.807, 2.05) is 43.4 Å². The van der Waals surface area contributed by atoms with Crippen LogP contribution in [-0.2, 0) is 5.41 Å². The van der Waals surface area contributed by atoms with E-state index in [-0.39, 0.29) is 5.41 Å². The zero-order valence-corrected chi connectivity index (χ0v) is 15.3. The van der Waals surface area contributed by atoms with E-state index in [9.17, 15) is 0 Å². The van der Waals surface area contributed by atoms with Gasteiger partial charge in [-0.3, -0.25) is 0 Å². The molecule has 0 radical (unpaired) electrons. The van der Waals surface area contributed by atoms with Crippen LogP contribution < -0.4 is 10.1 Å². The maximum absolute atomic E-state index is 5.94. The number of rotatable bonds is 5. The van der Waals surface area contributed by atoms with Gasteiger partial charge in [0, 0.05) is 18.2 Å². The van der Waals surface area contributed by atoms with Gasteiger partial charge in [0.2, 0.25) is 0 Å². The lowest BCUT2D eigenvalue weighted by atomic mass is 9.78. The Hall–Kier alpha value is -2.74. The molecule has 0 aliphatic heterocycles. The molecule has 3 aromatic rings. The van der Waals surface area contributed by atoms with Gasteiger partial charge < -0.3 is 10.1 Å². The second kappa shape index (κ2) is 7.02. The first kappa shape index (κ1) is 17.1. The first-order valence-electron chi connectivity index (χ1n) is 8.62. The van der Waals surface area contributed by atoms with Crippen LogP contribution in [0.2, 0.25) is 0 Å². The lowest BCUT2D eigenvalue weighted by Gasteiger charge is -2.26. The second-order valence-electron chi connectivity index (χ2n) is 6.89. The Morgan fingerprint density at radius 1 is 0.680 bits per heavy atom. The lowest BCUT2D eigenvalue weighted by molar-refractivity contribution is 0.482. The molecular weight excluding hydrogens is 306 g/mol. The van der Waals surface area contributed by atoms with Crippen LogP contribution in [0.15, 0.2) is 72.8 Å². The van der Waals surface area contributed by atoms with Gasteiger partial charge in [0.25, 0.3) is 0 Å². The van der Waals surface area contributed by atoms with E-state index in [1.165, 1.54) is 16.7 Å². The molecule has 128 valence electrons. The van der Waals surface area contributed by atoms with Crippen molar-refractivity contribution in [1.82, 2.24) is 0 Å². The van der Waals surface area contributed by atoms with Crippen LogP contribution in [0, 0.1) is 6.92 Å². The average Bonchev–Trinajstić information content (AvgIpc) is 2.63. The molecule has 0 aromatic heterocycles. The topological polar surface area (TPSA) is 21.3 Å². The molecule has 0 heterocycles. The Kier molecular flexibility index (Phi) is 4.80. The second-order valence-corrected chi connectivity index (χ2v) is 6.89. The molecule has 25 heavy (non-hydrogen) atoms. The predicted molar refractivity (Wildman–Crippen MR) is 106 cm³/mol. The Morgan fingerprint density at radius 3 is 1.60 bits per heavy atom. The van der Waals surface area contributed by atoms with Gasteiger partial charge in [-0.05, 0) is 54.4 Å². The number of hydrogen-bond donors (Lipinski definition) is 1. The van der Waals surface area contributed by atoms with Gasteiger partial charge in [-0.25, -0.2) is 0 Å². The number of hydrogen-bond acceptors (Lipinski definition) is 2. The summed E-state index contributed by atoms with van der Waals surface area (Å²) >= 11 is 0. The molecule has 3 rings (SSSR count). The van der Waals surface area contributed by atoms with Gasteiger partial charge in [-0.15, -0.1) is 0 Å². The molecule has 0 fully saturated rings. The molecule has 0 amide bonds. The van der Waals surface area contributed by atoms with Crippen molar-refractivity contribution in [3.63, 3.8) is 0 Å². The standard InChI is InChI=1S/C23H25NO/c1-17-5-7-18(8-6-17)23(2,3)19-9-13-21(14-10-19)25-22-15-11-20(24-4)12-16-22/h5-16,24H,1-4H3. The Bertz CT molecular complexity index is 815. The summed E-state index contributed by atoms with van der Waals surface area (Å²) in [6.07, 6.45) is 0. The highest BCUT2D eigenvalue weighted by molar-refractivity contribution is 5.47. The fraction of sp³-hybridized carbons (Fsp3) is 0.217. The van der Waals surface area contributed by atoms with Gasteiger partial charge in [0.1, 0.15) is 11.5 Å². The van der Waals surface area contributed by atoms with Gasteiger partial charge >= 0.3 is 0 Å². The number of ether oxygens (including phenoxy) is 1. The largest absolute Gasteiger partial charge is 0.457 e. The third-order valence-corrected chi connectivity index (χ3v) is 4.73. The molecule has 0 atom stereocenters. The summed E-state index contributed by atoms with van der Waals surface area (Å²) in [5.74, 6) is 1.69. The Labute approximate surface area is 150 Å². The van der Waals surface area contributed by atoms with E-state index in [4.69, 9.17) is 4.74 Å². The molecular formula is C23H25NO. The molecule has 0 spiro atoms. The van der Waals surface area contributed by atoms with Crippen LogP contribution in [-0.4, -0.2) is 7.05 Å². The molecule has 0 saturated carbocycles. The molecule has 0 bridgehead atoms.